The van der Waals surface area contributed by atoms with Gasteiger partial charge in [0.25, 0.3) is 0 Å². The highest BCUT2D eigenvalue weighted by atomic mass is 19.1. The summed E-state index contributed by atoms with van der Waals surface area (Å²) in [5, 5.41) is 5.79. The Hall–Kier alpha value is -3.74. The lowest BCUT2D eigenvalue weighted by atomic mass is 10.1. The van der Waals surface area contributed by atoms with Crippen LogP contribution in [0.5, 0.6) is 0 Å². The number of esters is 1. The van der Waals surface area contributed by atoms with Gasteiger partial charge in [-0.1, -0.05) is 24.3 Å². The molecular formula is C22H20FN3O3. The molecule has 0 bridgehead atoms. The zero-order chi connectivity index (χ0) is 20.6. The predicted molar refractivity (Wildman–Crippen MR) is 109 cm³/mol. The van der Waals surface area contributed by atoms with Crippen LogP contribution in [0, 0.1) is 5.82 Å². The quantitative estimate of drug-likeness (QED) is 0.584. The summed E-state index contributed by atoms with van der Waals surface area (Å²) in [5.74, 6) is -0.719. The summed E-state index contributed by atoms with van der Waals surface area (Å²) < 4.78 is 18.3. The molecule has 6 nitrogen and oxygen atoms in total. The van der Waals surface area contributed by atoms with Gasteiger partial charge in [0.2, 0.25) is 5.91 Å². The third-order valence-electron chi connectivity index (χ3n) is 3.99. The van der Waals surface area contributed by atoms with Crippen molar-refractivity contribution in [3.63, 3.8) is 0 Å². The maximum Gasteiger partial charge on any atom is 0.340 e. The first-order valence-corrected chi connectivity index (χ1v) is 9.08. The molecule has 7 heteroatoms. The summed E-state index contributed by atoms with van der Waals surface area (Å²) in [7, 11) is 0. The molecule has 0 atom stereocenters. The molecule has 3 aromatic rings. The fraction of sp³-hybridized carbons (Fsp3) is 0.136. The lowest BCUT2D eigenvalue weighted by Gasteiger charge is -2.11. The Balaban J connectivity index is 1.64. The molecule has 0 spiro atoms. The van der Waals surface area contributed by atoms with E-state index >= 15 is 0 Å². The molecule has 2 aromatic carbocycles. The number of hydrogen-bond acceptors (Lipinski definition) is 5. The number of ether oxygens (including phenoxy) is 1. The first-order valence-electron chi connectivity index (χ1n) is 9.08. The second-order valence-corrected chi connectivity index (χ2v) is 6.18. The average Bonchev–Trinajstić information content (AvgIpc) is 2.70. The minimum absolute atomic E-state index is 0.0480. The Bertz CT molecular complexity index is 1010. The lowest BCUT2D eigenvalue weighted by molar-refractivity contribution is -0.115. The monoisotopic (exact) mass is 393 g/mol. The van der Waals surface area contributed by atoms with Crippen molar-refractivity contribution in [3.05, 3.63) is 83.8 Å². The average molecular weight is 393 g/mol. The Morgan fingerprint density at radius 2 is 1.90 bits per heavy atom. The molecule has 0 saturated carbocycles. The fourth-order valence-electron chi connectivity index (χ4n) is 2.70. The van der Waals surface area contributed by atoms with E-state index in [1.165, 1.54) is 12.1 Å². The molecule has 0 saturated heterocycles. The van der Waals surface area contributed by atoms with Gasteiger partial charge in [0.05, 0.1) is 36.2 Å². The van der Waals surface area contributed by atoms with Crippen LogP contribution in [0.1, 0.15) is 22.8 Å². The van der Waals surface area contributed by atoms with Crippen LogP contribution in [0.25, 0.3) is 0 Å². The van der Waals surface area contributed by atoms with Crippen LogP contribution >= 0.6 is 0 Å². The summed E-state index contributed by atoms with van der Waals surface area (Å²) in [6.45, 7) is 2.04. The largest absolute Gasteiger partial charge is 0.462 e. The van der Waals surface area contributed by atoms with Gasteiger partial charge in [-0.15, -0.1) is 0 Å². The zero-order valence-electron chi connectivity index (χ0n) is 15.8. The molecule has 0 aliphatic rings. The Labute approximate surface area is 167 Å². The predicted octanol–water partition coefficient (Wildman–Crippen LogP) is 4.32. The van der Waals surface area contributed by atoms with Gasteiger partial charge in [0, 0.05) is 0 Å². The second kappa shape index (κ2) is 9.45. The van der Waals surface area contributed by atoms with E-state index in [1.807, 2.05) is 0 Å². The first kappa shape index (κ1) is 20.0. The number of hydrogen-bond donors (Lipinski definition) is 2. The molecule has 0 aliphatic heterocycles. The van der Waals surface area contributed by atoms with Crippen molar-refractivity contribution in [2.45, 2.75) is 13.3 Å². The van der Waals surface area contributed by atoms with Gasteiger partial charge in [0.1, 0.15) is 11.6 Å². The maximum absolute atomic E-state index is 13.2. The number of carbonyl (C=O) groups is 2. The van der Waals surface area contributed by atoms with Gasteiger partial charge in [-0.25, -0.2) is 14.2 Å². The third kappa shape index (κ3) is 5.62. The van der Waals surface area contributed by atoms with Crippen LogP contribution < -0.4 is 10.6 Å². The number of halogens is 1. The van der Waals surface area contributed by atoms with Crippen LogP contribution in [-0.4, -0.2) is 23.5 Å². The van der Waals surface area contributed by atoms with E-state index < -0.39 is 5.97 Å². The highest BCUT2D eigenvalue weighted by Gasteiger charge is 2.12. The highest BCUT2D eigenvalue weighted by Crippen LogP contribution is 2.22. The van der Waals surface area contributed by atoms with Crippen molar-refractivity contribution >= 4 is 29.1 Å². The summed E-state index contributed by atoms with van der Waals surface area (Å²) in [4.78, 5) is 28.4. The smallest absolute Gasteiger partial charge is 0.340 e. The number of benzene rings is 2. The molecule has 0 radical (unpaired) electrons. The van der Waals surface area contributed by atoms with Gasteiger partial charge >= 0.3 is 5.97 Å². The van der Waals surface area contributed by atoms with E-state index in [1.54, 1.807) is 61.7 Å². The number of rotatable bonds is 7. The van der Waals surface area contributed by atoms with Gasteiger partial charge in [0.15, 0.2) is 0 Å². The summed E-state index contributed by atoms with van der Waals surface area (Å²) in [6.07, 6.45) is 1.59. The molecule has 3 rings (SSSR count). The number of nitrogens with one attached hydrogen (secondary N) is 2. The van der Waals surface area contributed by atoms with Gasteiger partial charge in [-0.05, 0) is 48.9 Å². The van der Waals surface area contributed by atoms with Crippen molar-refractivity contribution in [2.24, 2.45) is 0 Å². The molecule has 0 aliphatic carbocycles. The van der Waals surface area contributed by atoms with Crippen molar-refractivity contribution in [2.75, 3.05) is 17.2 Å². The molecule has 1 heterocycles. The number of nitrogens with zero attached hydrogens (tertiary/aromatic N) is 1. The number of anilines is 3. The van der Waals surface area contributed by atoms with E-state index in [0.29, 0.717) is 34.9 Å². The summed E-state index contributed by atoms with van der Waals surface area (Å²) in [6, 6.07) is 16.3. The number of amides is 1. The van der Waals surface area contributed by atoms with Crippen molar-refractivity contribution in [1.29, 1.82) is 0 Å². The topological polar surface area (TPSA) is 80.3 Å². The van der Waals surface area contributed by atoms with Crippen LogP contribution in [0.15, 0.2) is 66.9 Å². The number of aromatic nitrogens is 1. The highest BCUT2D eigenvalue weighted by molar-refractivity contribution is 5.96. The number of para-hydroxylation sites is 1. The minimum atomic E-state index is -0.412. The first-order chi connectivity index (χ1) is 14.0. The zero-order valence-corrected chi connectivity index (χ0v) is 15.8. The van der Waals surface area contributed by atoms with E-state index in [-0.39, 0.29) is 18.1 Å². The van der Waals surface area contributed by atoms with Crippen LogP contribution in [0.4, 0.5) is 21.6 Å². The lowest BCUT2D eigenvalue weighted by Crippen LogP contribution is -2.15. The van der Waals surface area contributed by atoms with Gasteiger partial charge in [-0.3, -0.25) is 4.79 Å². The minimum Gasteiger partial charge on any atom is -0.462 e. The van der Waals surface area contributed by atoms with Crippen LogP contribution in [0.2, 0.25) is 0 Å². The van der Waals surface area contributed by atoms with E-state index in [0.717, 1.165) is 0 Å². The Kier molecular flexibility index (Phi) is 6.52. The van der Waals surface area contributed by atoms with Crippen LogP contribution in [-0.2, 0) is 16.0 Å². The molecule has 29 heavy (non-hydrogen) atoms. The third-order valence-corrected chi connectivity index (χ3v) is 3.99. The Morgan fingerprint density at radius 3 is 2.62 bits per heavy atom. The molecule has 1 aromatic heterocycles. The molecule has 148 valence electrons. The Morgan fingerprint density at radius 1 is 1.07 bits per heavy atom. The van der Waals surface area contributed by atoms with Gasteiger partial charge in [-0.2, -0.15) is 0 Å². The maximum atomic E-state index is 13.2. The van der Waals surface area contributed by atoms with E-state index in [4.69, 9.17) is 4.74 Å². The molecule has 0 unspecified atom stereocenters. The normalized spacial score (nSPS) is 10.3. The molecule has 0 fully saturated rings. The van der Waals surface area contributed by atoms with E-state index in [9.17, 15) is 14.0 Å². The summed E-state index contributed by atoms with van der Waals surface area (Å²) in [5.41, 5.74) is 2.23. The number of carbonyl (C=O) groups excluding carboxylic acids is 2. The van der Waals surface area contributed by atoms with Gasteiger partial charge < -0.3 is 15.4 Å². The molecule has 2 N–H and O–H groups in total. The number of pyridine rings is 1. The molecule has 1 amide bonds. The second-order valence-electron chi connectivity index (χ2n) is 6.18. The van der Waals surface area contributed by atoms with Crippen molar-refractivity contribution in [3.8, 4) is 0 Å². The van der Waals surface area contributed by atoms with Crippen LogP contribution in [0.3, 0.4) is 0 Å². The molecular weight excluding hydrogens is 373 g/mol. The van der Waals surface area contributed by atoms with Crippen molar-refractivity contribution in [1.82, 2.24) is 4.98 Å². The summed E-state index contributed by atoms with van der Waals surface area (Å²) >= 11 is 0. The van der Waals surface area contributed by atoms with Crippen molar-refractivity contribution < 1.29 is 18.7 Å². The fourth-order valence-corrected chi connectivity index (χ4v) is 2.70. The standard InChI is InChI=1S/C22H20FN3O3/c1-2-29-22(28)18-8-3-4-9-19(18)25-17-10-11-20(24-14-17)26-21(27)13-15-6-5-7-16(23)12-15/h3-12,14,25H,2,13H2,1H3,(H,24,26,27). The van der Waals surface area contributed by atoms with E-state index in [2.05, 4.69) is 15.6 Å². The SMILES string of the molecule is CCOC(=O)c1ccccc1Nc1ccc(NC(=O)Cc2cccc(F)c2)nc1.